The third kappa shape index (κ3) is 6.20. The van der Waals surface area contributed by atoms with Crippen LogP contribution in [-0.2, 0) is 9.53 Å². The van der Waals surface area contributed by atoms with Gasteiger partial charge in [0.2, 0.25) is 5.91 Å². The van der Waals surface area contributed by atoms with Gasteiger partial charge in [0.15, 0.2) is 0 Å². The van der Waals surface area contributed by atoms with Gasteiger partial charge in [-0.05, 0) is 32.7 Å². The SMILES string of the molecule is CCCCNC(=O)C(C)N(CCOC)CC1CCCN1. The third-order valence-corrected chi connectivity index (χ3v) is 3.96. The van der Waals surface area contributed by atoms with Gasteiger partial charge in [-0.2, -0.15) is 0 Å². The number of carbonyl (C=O) groups excluding carboxylic acids is 1. The zero-order valence-corrected chi connectivity index (χ0v) is 13.3. The molecule has 2 unspecified atom stereocenters. The lowest BCUT2D eigenvalue weighted by atomic mass is 10.1. The molecule has 0 aliphatic carbocycles. The smallest absolute Gasteiger partial charge is 0.237 e. The Bertz CT molecular complexity index is 268. The van der Waals surface area contributed by atoms with Gasteiger partial charge < -0.3 is 15.4 Å². The van der Waals surface area contributed by atoms with Crippen molar-refractivity contribution < 1.29 is 9.53 Å². The number of unbranched alkanes of at least 4 members (excludes halogenated alkanes) is 1. The summed E-state index contributed by atoms with van der Waals surface area (Å²) in [5.41, 5.74) is 0. The summed E-state index contributed by atoms with van der Waals surface area (Å²) in [4.78, 5) is 14.4. The van der Waals surface area contributed by atoms with Crippen molar-refractivity contribution in [3.63, 3.8) is 0 Å². The lowest BCUT2D eigenvalue weighted by Crippen LogP contribution is -2.50. The summed E-state index contributed by atoms with van der Waals surface area (Å²) in [7, 11) is 1.71. The lowest BCUT2D eigenvalue weighted by molar-refractivity contribution is -0.126. The molecule has 20 heavy (non-hydrogen) atoms. The Kier molecular flexibility index (Phi) is 8.82. The minimum absolute atomic E-state index is 0.0931. The van der Waals surface area contributed by atoms with E-state index in [1.165, 1.54) is 12.8 Å². The molecule has 5 nitrogen and oxygen atoms in total. The molecule has 0 saturated carbocycles. The highest BCUT2D eigenvalue weighted by atomic mass is 16.5. The van der Waals surface area contributed by atoms with Crippen LogP contribution in [0.2, 0.25) is 0 Å². The molecule has 1 saturated heterocycles. The number of methoxy groups -OCH3 is 1. The Morgan fingerprint density at radius 2 is 2.35 bits per heavy atom. The summed E-state index contributed by atoms with van der Waals surface area (Å²) in [6.07, 6.45) is 4.59. The normalized spacial score (nSPS) is 20.3. The fourth-order valence-electron chi connectivity index (χ4n) is 2.55. The molecule has 0 radical (unpaired) electrons. The minimum Gasteiger partial charge on any atom is -0.383 e. The number of rotatable bonds is 10. The van der Waals surface area contributed by atoms with Crippen molar-refractivity contribution in [1.29, 1.82) is 0 Å². The molecule has 2 N–H and O–H groups in total. The predicted octanol–water partition coefficient (Wildman–Crippen LogP) is 0.992. The molecular formula is C15H31N3O2. The highest BCUT2D eigenvalue weighted by Crippen LogP contribution is 2.09. The Morgan fingerprint density at radius 1 is 1.55 bits per heavy atom. The second-order valence-electron chi connectivity index (χ2n) is 5.60. The van der Waals surface area contributed by atoms with Crippen LogP contribution >= 0.6 is 0 Å². The molecule has 1 heterocycles. The fourth-order valence-corrected chi connectivity index (χ4v) is 2.55. The number of nitrogens with zero attached hydrogens (tertiary/aromatic N) is 1. The van der Waals surface area contributed by atoms with Crippen LogP contribution in [0, 0.1) is 0 Å². The van der Waals surface area contributed by atoms with E-state index in [-0.39, 0.29) is 11.9 Å². The first-order chi connectivity index (χ1) is 9.69. The van der Waals surface area contributed by atoms with Crippen molar-refractivity contribution in [2.75, 3.05) is 39.9 Å². The number of amides is 1. The van der Waals surface area contributed by atoms with E-state index in [2.05, 4.69) is 22.5 Å². The van der Waals surface area contributed by atoms with Crippen molar-refractivity contribution in [1.82, 2.24) is 15.5 Å². The van der Waals surface area contributed by atoms with Gasteiger partial charge >= 0.3 is 0 Å². The van der Waals surface area contributed by atoms with E-state index in [1.54, 1.807) is 7.11 Å². The van der Waals surface area contributed by atoms with Gasteiger partial charge in [-0.25, -0.2) is 0 Å². The third-order valence-electron chi connectivity index (χ3n) is 3.96. The maximum atomic E-state index is 12.2. The summed E-state index contributed by atoms with van der Waals surface area (Å²) >= 11 is 0. The van der Waals surface area contributed by atoms with Crippen LogP contribution in [0.3, 0.4) is 0 Å². The van der Waals surface area contributed by atoms with E-state index in [9.17, 15) is 4.79 Å². The number of hydrogen-bond donors (Lipinski definition) is 2. The molecule has 0 bridgehead atoms. The average molecular weight is 285 g/mol. The second-order valence-corrected chi connectivity index (χ2v) is 5.60. The van der Waals surface area contributed by atoms with Gasteiger partial charge in [0.25, 0.3) is 0 Å². The van der Waals surface area contributed by atoms with Gasteiger partial charge in [0.05, 0.1) is 12.6 Å². The molecule has 1 rings (SSSR count). The standard InChI is InChI=1S/C15H31N3O2/c1-4-5-8-17-15(19)13(2)18(10-11-20-3)12-14-7-6-9-16-14/h13-14,16H,4-12H2,1-3H3,(H,17,19). The number of ether oxygens (including phenoxy) is 1. The van der Waals surface area contributed by atoms with Gasteiger partial charge in [0, 0.05) is 32.8 Å². The summed E-state index contributed by atoms with van der Waals surface area (Å²) in [5, 5.41) is 6.52. The molecule has 0 aromatic carbocycles. The van der Waals surface area contributed by atoms with Crippen LogP contribution in [0.5, 0.6) is 0 Å². The van der Waals surface area contributed by atoms with Gasteiger partial charge in [-0.15, -0.1) is 0 Å². The van der Waals surface area contributed by atoms with Crippen LogP contribution in [-0.4, -0.2) is 62.8 Å². The lowest BCUT2D eigenvalue weighted by Gasteiger charge is -2.30. The molecule has 1 amide bonds. The van der Waals surface area contributed by atoms with Crippen molar-refractivity contribution in [3.8, 4) is 0 Å². The number of carbonyl (C=O) groups is 1. The quantitative estimate of drug-likeness (QED) is 0.588. The maximum absolute atomic E-state index is 12.2. The average Bonchev–Trinajstić information content (AvgIpc) is 2.95. The second kappa shape index (κ2) is 10.1. The molecule has 2 atom stereocenters. The summed E-state index contributed by atoms with van der Waals surface area (Å²) in [6.45, 7) is 8.39. The monoisotopic (exact) mass is 285 g/mol. The maximum Gasteiger partial charge on any atom is 0.237 e. The van der Waals surface area contributed by atoms with Crippen LogP contribution in [0.4, 0.5) is 0 Å². The van der Waals surface area contributed by atoms with Gasteiger partial charge in [-0.3, -0.25) is 9.69 Å². The number of nitrogens with one attached hydrogen (secondary N) is 2. The molecule has 118 valence electrons. The molecule has 1 fully saturated rings. The Morgan fingerprint density at radius 3 is 2.95 bits per heavy atom. The van der Waals surface area contributed by atoms with E-state index in [1.807, 2.05) is 6.92 Å². The first kappa shape index (κ1) is 17.4. The molecule has 0 aromatic rings. The first-order valence-electron chi connectivity index (χ1n) is 7.93. The fraction of sp³-hybridized carbons (Fsp3) is 0.933. The molecule has 5 heteroatoms. The zero-order valence-electron chi connectivity index (χ0n) is 13.3. The zero-order chi connectivity index (χ0) is 14.8. The van der Waals surface area contributed by atoms with Crippen LogP contribution in [0.15, 0.2) is 0 Å². The van der Waals surface area contributed by atoms with Crippen LogP contribution < -0.4 is 10.6 Å². The molecule has 1 aliphatic heterocycles. The summed E-state index contributed by atoms with van der Waals surface area (Å²) < 4.78 is 5.17. The topological polar surface area (TPSA) is 53.6 Å². The molecule has 0 aromatic heterocycles. The van der Waals surface area contributed by atoms with Crippen LogP contribution in [0.25, 0.3) is 0 Å². The van der Waals surface area contributed by atoms with Crippen molar-refractivity contribution in [2.45, 2.75) is 51.6 Å². The van der Waals surface area contributed by atoms with Crippen molar-refractivity contribution in [3.05, 3.63) is 0 Å². The molecule has 0 spiro atoms. The van der Waals surface area contributed by atoms with Crippen LogP contribution in [0.1, 0.15) is 39.5 Å². The summed E-state index contributed by atoms with van der Waals surface area (Å²) in [6, 6.07) is 0.419. The highest BCUT2D eigenvalue weighted by molar-refractivity contribution is 5.81. The first-order valence-corrected chi connectivity index (χ1v) is 7.93. The van der Waals surface area contributed by atoms with Gasteiger partial charge in [0.1, 0.15) is 0 Å². The van der Waals surface area contributed by atoms with Crippen molar-refractivity contribution in [2.24, 2.45) is 0 Å². The molecular weight excluding hydrogens is 254 g/mol. The van der Waals surface area contributed by atoms with E-state index in [0.717, 1.165) is 39.0 Å². The van der Waals surface area contributed by atoms with E-state index < -0.39 is 0 Å². The van der Waals surface area contributed by atoms with Crippen molar-refractivity contribution >= 4 is 5.91 Å². The Labute approximate surface area is 123 Å². The van der Waals surface area contributed by atoms with E-state index >= 15 is 0 Å². The predicted molar refractivity (Wildman–Crippen MR) is 81.9 cm³/mol. The van der Waals surface area contributed by atoms with E-state index in [4.69, 9.17) is 4.74 Å². The number of hydrogen-bond acceptors (Lipinski definition) is 4. The Hall–Kier alpha value is -0.650. The molecule has 1 aliphatic rings. The highest BCUT2D eigenvalue weighted by Gasteiger charge is 2.25. The Balaban J connectivity index is 2.44. The largest absolute Gasteiger partial charge is 0.383 e. The summed E-state index contributed by atoms with van der Waals surface area (Å²) in [5.74, 6) is 0.132. The minimum atomic E-state index is -0.0931. The van der Waals surface area contributed by atoms with Gasteiger partial charge in [-0.1, -0.05) is 13.3 Å². The van der Waals surface area contributed by atoms with E-state index in [0.29, 0.717) is 12.6 Å².